The lowest BCUT2D eigenvalue weighted by Gasteiger charge is -2.20. The zero-order chi connectivity index (χ0) is 30.6. The fourth-order valence-corrected chi connectivity index (χ4v) is 6.80. The van der Waals surface area contributed by atoms with E-state index < -0.39 is 16.1 Å². The molecule has 0 radical (unpaired) electrons. The van der Waals surface area contributed by atoms with Gasteiger partial charge in [0.05, 0.1) is 36.0 Å². The van der Waals surface area contributed by atoms with Crippen molar-refractivity contribution in [1.29, 1.82) is 0 Å². The maximum absolute atomic E-state index is 13.9. The number of hydrogen-bond acceptors (Lipinski definition) is 9. The number of anilines is 2. The molecule has 43 heavy (non-hydrogen) atoms. The minimum atomic E-state index is -3.60. The van der Waals surface area contributed by atoms with Crippen molar-refractivity contribution in [3.8, 4) is 28.1 Å². The predicted molar refractivity (Wildman–Crippen MR) is 171 cm³/mol. The van der Waals surface area contributed by atoms with Crippen LogP contribution in [-0.4, -0.2) is 53.0 Å². The monoisotopic (exact) mass is 635 g/mol. The van der Waals surface area contributed by atoms with Gasteiger partial charge in [0.15, 0.2) is 5.65 Å². The highest BCUT2D eigenvalue weighted by Crippen LogP contribution is 2.39. The smallest absolute Gasteiger partial charge is 0.265 e. The van der Waals surface area contributed by atoms with Gasteiger partial charge in [0.2, 0.25) is 10.0 Å². The van der Waals surface area contributed by atoms with Crippen LogP contribution in [0.1, 0.15) is 18.5 Å². The van der Waals surface area contributed by atoms with Crippen LogP contribution in [-0.2, 0) is 10.0 Å². The Balaban J connectivity index is 1.61. The lowest BCUT2D eigenvalue weighted by Crippen LogP contribution is -2.25. The van der Waals surface area contributed by atoms with Crippen molar-refractivity contribution < 1.29 is 13.2 Å². The third kappa shape index (κ3) is 4.79. The molecule has 2 aromatic carbocycles. The lowest BCUT2D eigenvalue weighted by atomic mass is 9.97. The molecule has 0 saturated carbocycles. The van der Waals surface area contributed by atoms with Crippen LogP contribution in [0.15, 0.2) is 71.1 Å². The molecular formula is C29H26ClN7O4S2. The van der Waals surface area contributed by atoms with Crippen LogP contribution in [0.5, 0.6) is 5.75 Å². The summed E-state index contributed by atoms with van der Waals surface area (Å²) in [5.41, 5.74) is 9.89. The molecule has 0 unspecified atom stereocenters. The third-order valence-electron chi connectivity index (χ3n) is 7.38. The minimum Gasteiger partial charge on any atom is -0.495 e. The number of sulfonamides is 1. The number of thiazole rings is 1. The molecule has 1 atom stereocenters. The summed E-state index contributed by atoms with van der Waals surface area (Å²) in [5.74, 6) is 0.574. The molecule has 14 heteroatoms. The number of benzene rings is 2. The Hall–Kier alpha value is -4.46. The summed E-state index contributed by atoms with van der Waals surface area (Å²) >= 11 is 7.78. The van der Waals surface area contributed by atoms with Gasteiger partial charge in [0, 0.05) is 18.0 Å². The number of aromatic nitrogens is 5. The normalized spacial score (nSPS) is 12.6. The number of hydrogen-bond donors (Lipinski definition) is 1. The highest BCUT2D eigenvalue weighted by atomic mass is 35.5. The number of rotatable bonds is 7. The molecule has 6 rings (SSSR count). The average molecular weight is 636 g/mol. The number of ether oxygens (including phenoxy) is 1. The standard InChI is InChI=1S/C29H26ClN7O4S2/c1-16(19-13-23-36(22(30)14-42-23)29(38)24(19)17-8-6-5-7-9-17)37-28-25(27(31)32-15-33-28)26(34-37)18-10-11-21(41-3)20(12-18)35(2)43(4,39)40/h5-16H,1-4H3,(H2,31,32,33)/t16-/m0/s1. The van der Waals surface area contributed by atoms with Gasteiger partial charge in [-0.2, -0.15) is 5.10 Å². The van der Waals surface area contributed by atoms with Gasteiger partial charge in [0.1, 0.15) is 33.6 Å². The van der Waals surface area contributed by atoms with E-state index in [9.17, 15) is 13.2 Å². The molecule has 2 N–H and O–H groups in total. The first-order valence-electron chi connectivity index (χ1n) is 13.0. The van der Waals surface area contributed by atoms with Crippen LogP contribution in [0.4, 0.5) is 11.5 Å². The van der Waals surface area contributed by atoms with Crippen molar-refractivity contribution in [3.63, 3.8) is 0 Å². The number of fused-ring (bicyclic) bond motifs is 2. The van der Waals surface area contributed by atoms with E-state index in [0.29, 0.717) is 49.3 Å². The van der Waals surface area contributed by atoms with Gasteiger partial charge in [-0.15, -0.1) is 11.3 Å². The molecule has 11 nitrogen and oxygen atoms in total. The first-order valence-corrected chi connectivity index (χ1v) is 16.1. The van der Waals surface area contributed by atoms with E-state index in [0.717, 1.165) is 21.7 Å². The number of nitrogen functional groups attached to an aromatic ring is 1. The lowest BCUT2D eigenvalue weighted by molar-refractivity contribution is 0.416. The van der Waals surface area contributed by atoms with Crippen molar-refractivity contribution in [2.24, 2.45) is 0 Å². The summed E-state index contributed by atoms with van der Waals surface area (Å²) in [4.78, 5) is 23.3. The van der Waals surface area contributed by atoms with Gasteiger partial charge < -0.3 is 10.5 Å². The highest BCUT2D eigenvalue weighted by molar-refractivity contribution is 7.92. The van der Waals surface area contributed by atoms with E-state index in [2.05, 4.69) is 9.97 Å². The van der Waals surface area contributed by atoms with Crippen molar-refractivity contribution >= 4 is 60.3 Å². The molecule has 4 heterocycles. The Morgan fingerprint density at radius 3 is 2.53 bits per heavy atom. The van der Waals surface area contributed by atoms with Crippen LogP contribution in [0.25, 0.3) is 38.2 Å². The Morgan fingerprint density at radius 2 is 1.84 bits per heavy atom. The van der Waals surface area contributed by atoms with Gasteiger partial charge in [-0.25, -0.2) is 23.1 Å². The number of halogens is 1. The quantitative estimate of drug-likeness (QED) is 0.256. The van der Waals surface area contributed by atoms with Gasteiger partial charge in [-0.1, -0.05) is 41.9 Å². The molecule has 0 bridgehead atoms. The largest absolute Gasteiger partial charge is 0.495 e. The van der Waals surface area contributed by atoms with Crippen molar-refractivity contribution in [3.05, 3.63) is 87.4 Å². The minimum absolute atomic E-state index is 0.205. The summed E-state index contributed by atoms with van der Waals surface area (Å²) < 4.78 is 34.6. The summed E-state index contributed by atoms with van der Waals surface area (Å²) in [6, 6.07) is 15.9. The van der Waals surface area contributed by atoms with E-state index >= 15 is 0 Å². The molecular weight excluding hydrogens is 610 g/mol. The molecule has 4 aromatic heterocycles. The Labute approximate surface area is 255 Å². The SMILES string of the molecule is COc1ccc(-c2nn([C@@H](C)c3cc4scc(Cl)n4c(=O)c3-c3ccccc3)c3ncnc(N)c23)cc1N(C)S(C)(=O)=O. The summed E-state index contributed by atoms with van der Waals surface area (Å²) in [6.45, 7) is 1.93. The molecule has 0 fully saturated rings. The summed E-state index contributed by atoms with van der Waals surface area (Å²) in [6.07, 6.45) is 2.47. The fourth-order valence-electron chi connectivity index (χ4n) is 5.14. The Morgan fingerprint density at radius 1 is 1.09 bits per heavy atom. The first-order chi connectivity index (χ1) is 20.5. The van der Waals surface area contributed by atoms with Crippen molar-refractivity contribution in [2.75, 3.05) is 30.5 Å². The maximum atomic E-state index is 13.9. The second-order valence-corrected chi connectivity index (χ2v) is 13.2. The van der Waals surface area contributed by atoms with Crippen molar-refractivity contribution in [1.82, 2.24) is 24.1 Å². The molecule has 0 spiro atoms. The molecule has 0 saturated heterocycles. The Kier molecular flexibility index (Phi) is 7.11. The van der Waals surface area contributed by atoms with Crippen LogP contribution < -0.4 is 20.3 Å². The van der Waals surface area contributed by atoms with Gasteiger partial charge in [0.25, 0.3) is 5.56 Å². The van der Waals surface area contributed by atoms with Crippen LogP contribution >= 0.6 is 22.9 Å². The molecule has 6 aromatic rings. The second-order valence-electron chi connectivity index (χ2n) is 9.92. The van der Waals surface area contributed by atoms with E-state index in [4.69, 9.17) is 27.2 Å². The van der Waals surface area contributed by atoms with Crippen LogP contribution in [0, 0.1) is 0 Å². The average Bonchev–Trinajstić information content (AvgIpc) is 3.57. The summed E-state index contributed by atoms with van der Waals surface area (Å²) in [5, 5.41) is 7.51. The van der Waals surface area contributed by atoms with E-state index in [1.54, 1.807) is 28.3 Å². The number of nitrogens with zero attached hydrogens (tertiary/aromatic N) is 6. The highest BCUT2D eigenvalue weighted by Gasteiger charge is 2.27. The maximum Gasteiger partial charge on any atom is 0.265 e. The fraction of sp³-hybridized carbons (Fsp3) is 0.172. The predicted octanol–water partition coefficient (Wildman–Crippen LogP) is 5.08. The number of methoxy groups -OCH3 is 1. The molecule has 0 amide bonds. The van der Waals surface area contributed by atoms with Gasteiger partial charge in [-0.05, 0) is 42.3 Å². The molecule has 0 aliphatic carbocycles. The van der Waals surface area contributed by atoms with E-state index in [-0.39, 0.29) is 11.4 Å². The topological polar surface area (TPSA) is 138 Å². The number of nitrogens with two attached hydrogens (primary N) is 1. The van der Waals surface area contributed by atoms with Crippen molar-refractivity contribution in [2.45, 2.75) is 13.0 Å². The molecule has 0 aliphatic rings. The zero-order valence-corrected chi connectivity index (χ0v) is 25.9. The first kappa shape index (κ1) is 28.6. The van der Waals surface area contributed by atoms with Crippen LogP contribution in [0.2, 0.25) is 5.15 Å². The molecule has 220 valence electrons. The Bertz CT molecular complexity index is 2190. The van der Waals surface area contributed by atoms with E-state index in [1.807, 2.05) is 43.3 Å². The summed E-state index contributed by atoms with van der Waals surface area (Å²) in [7, 11) is -0.678. The number of pyridine rings is 1. The van der Waals surface area contributed by atoms with Gasteiger partial charge in [-0.3, -0.25) is 13.5 Å². The molecule has 0 aliphatic heterocycles. The van der Waals surface area contributed by atoms with Gasteiger partial charge >= 0.3 is 0 Å². The zero-order valence-electron chi connectivity index (χ0n) is 23.5. The third-order valence-corrected chi connectivity index (χ3v) is 9.86. The van der Waals surface area contributed by atoms with Crippen LogP contribution in [0.3, 0.4) is 0 Å². The van der Waals surface area contributed by atoms with E-state index in [1.165, 1.54) is 36.2 Å². The second kappa shape index (κ2) is 10.7.